The van der Waals surface area contributed by atoms with Gasteiger partial charge in [-0.05, 0) is 0 Å². The summed E-state index contributed by atoms with van der Waals surface area (Å²) in [7, 11) is -0.611. The first-order valence-corrected chi connectivity index (χ1v) is 3.24. The number of terminal acetylenes is 1. The van der Waals surface area contributed by atoms with Gasteiger partial charge in [0.1, 0.15) is 0 Å². The van der Waals surface area contributed by atoms with Crippen LogP contribution in [0.15, 0.2) is 0 Å². The summed E-state index contributed by atoms with van der Waals surface area (Å²) in [6, 6.07) is 0. The van der Waals surface area contributed by atoms with Gasteiger partial charge in [0.05, 0.1) is 0 Å². The van der Waals surface area contributed by atoms with Crippen molar-refractivity contribution >= 4 is 10.8 Å². The van der Waals surface area contributed by atoms with Crippen molar-refractivity contribution in [3.8, 4) is 6.42 Å². The van der Waals surface area contributed by atoms with Gasteiger partial charge < -0.3 is 12.8 Å². The predicted molar refractivity (Wildman–Crippen MR) is 28.2 cm³/mol. The van der Waals surface area contributed by atoms with Crippen LogP contribution in [0.5, 0.6) is 0 Å². The summed E-state index contributed by atoms with van der Waals surface area (Å²) in [5.41, 5.74) is 0. The molecule has 0 aromatic heterocycles. The number of rotatable bonds is 0. The van der Waals surface area contributed by atoms with Crippen LogP contribution < -0.4 is 18.9 Å². The van der Waals surface area contributed by atoms with Crippen LogP contribution in [0.3, 0.4) is 0 Å². The van der Waals surface area contributed by atoms with Crippen molar-refractivity contribution in [2.75, 3.05) is 12.5 Å². The van der Waals surface area contributed by atoms with E-state index in [0.29, 0.717) is 0 Å². The van der Waals surface area contributed by atoms with Gasteiger partial charge in [0.2, 0.25) is 0 Å². The maximum Gasteiger partial charge on any atom is 1.00 e. The normalized spacial score (nSPS) is 5.29. The Hall–Kier alpha value is 0.307. The van der Waals surface area contributed by atoms with Crippen LogP contribution in [0.25, 0.3) is 0 Å². The molecule has 0 aliphatic carbocycles. The van der Waals surface area contributed by atoms with Crippen molar-refractivity contribution in [2.45, 2.75) is 0 Å². The molecule has 0 heterocycles. The van der Waals surface area contributed by atoms with E-state index in [9.17, 15) is 4.21 Å². The van der Waals surface area contributed by atoms with E-state index in [2.05, 4.69) is 6.42 Å². The van der Waals surface area contributed by atoms with E-state index in [1.54, 1.807) is 12.5 Å². The van der Waals surface area contributed by atoms with Gasteiger partial charge in [0.15, 0.2) is 0 Å². The van der Waals surface area contributed by atoms with Gasteiger partial charge in [-0.15, -0.1) is 0 Å². The van der Waals surface area contributed by atoms with Gasteiger partial charge in [-0.25, -0.2) is 0 Å². The minimum absolute atomic E-state index is 0. The molecule has 7 heavy (non-hydrogen) atoms. The van der Waals surface area contributed by atoms with Gasteiger partial charge in [0, 0.05) is 23.3 Å². The summed E-state index contributed by atoms with van der Waals surface area (Å²) in [5, 5.41) is 0. The second kappa shape index (κ2) is 16.2. The molecule has 0 saturated carbocycles. The van der Waals surface area contributed by atoms with Crippen LogP contribution in [0.4, 0.5) is 0 Å². The molecule has 0 aromatic rings. The largest absolute Gasteiger partial charge is 1.00 e. The average Bonchev–Trinajstić information content (AvgIpc) is 1.41. The molecule has 3 heteroatoms. The Balaban J connectivity index is -0.0000000480. The van der Waals surface area contributed by atoms with Crippen LogP contribution in [-0.4, -0.2) is 16.7 Å². The van der Waals surface area contributed by atoms with Crippen molar-refractivity contribution in [1.82, 2.24) is 0 Å². The maximum atomic E-state index is 9.56. The van der Waals surface area contributed by atoms with Crippen LogP contribution in [0.2, 0.25) is 0 Å². The molecular weight excluding hydrogens is 103 g/mol. The third kappa shape index (κ3) is 1240. The minimum Gasteiger partial charge on any atom is -0.697 e. The zero-order valence-corrected chi connectivity index (χ0v) is 5.71. The summed E-state index contributed by atoms with van der Waals surface area (Å²) >= 11 is 0. The van der Waals surface area contributed by atoms with E-state index >= 15 is 0 Å². The van der Waals surface area contributed by atoms with Crippen LogP contribution in [0, 0.1) is 12.8 Å². The Morgan fingerprint density at radius 2 is 1.43 bits per heavy atom. The van der Waals surface area contributed by atoms with Crippen molar-refractivity contribution in [2.24, 2.45) is 0 Å². The molecule has 0 amide bonds. The Morgan fingerprint density at radius 3 is 1.43 bits per heavy atom. The summed E-state index contributed by atoms with van der Waals surface area (Å²) in [6.45, 7) is 0. The van der Waals surface area contributed by atoms with E-state index in [1.165, 1.54) is 0 Å². The van der Waals surface area contributed by atoms with E-state index in [4.69, 9.17) is 6.42 Å². The van der Waals surface area contributed by atoms with Crippen molar-refractivity contribution < 1.29 is 23.1 Å². The molecule has 0 unspecified atom stereocenters. The monoisotopic (exact) mass is 110 g/mol. The Labute approximate surface area is 59.5 Å². The van der Waals surface area contributed by atoms with Gasteiger partial charge in [-0.3, -0.25) is 4.21 Å². The smallest absolute Gasteiger partial charge is 0.697 e. The maximum absolute atomic E-state index is 9.56. The molecule has 0 radical (unpaired) electrons. The van der Waals surface area contributed by atoms with Crippen molar-refractivity contribution in [3.05, 3.63) is 6.42 Å². The molecule has 0 aliphatic rings. The summed E-state index contributed by atoms with van der Waals surface area (Å²) in [5.74, 6) is 0. The molecule has 0 aromatic carbocycles. The fourth-order valence-corrected chi connectivity index (χ4v) is 0. The van der Waals surface area contributed by atoms with Gasteiger partial charge in [-0.2, -0.15) is 0 Å². The van der Waals surface area contributed by atoms with Crippen LogP contribution in [0.1, 0.15) is 0 Å². The third-order valence-electron chi connectivity index (χ3n) is 0. The molecule has 0 rings (SSSR count). The Kier molecular flexibility index (Phi) is 36.4. The summed E-state index contributed by atoms with van der Waals surface area (Å²) < 4.78 is 9.56. The van der Waals surface area contributed by atoms with E-state index in [-0.39, 0.29) is 18.9 Å². The number of hydrogen-bond acceptors (Lipinski definition) is 1. The van der Waals surface area contributed by atoms with E-state index in [0.717, 1.165) is 0 Å². The quantitative estimate of drug-likeness (QED) is 0.187. The molecule has 0 spiro atoms. The minimum atomic E-state index is -0.611. The molecule has 1 nitrogen and oxygen atoms in total. The van der Waals surface area contributed by atoms with Crippen molar-refractivity contribution in [1.29, 1.82) is 0 Å². The predicted octanol–water partition coefficient (Wildman–Crippen LogP) is -2.80. The van der Waals surface area contributed by atoms with Crippen molar-refractivity contribution in [3.63, 3.8) is 0 Å². The fourth-order valence-electron chi connectivity index (χ4n) is 0. The Bertz CT molecular complexity index is 56.0. The summed E-state index contributed by atoms with van der Waals surface area (Å²) in [4.78, 5) is 0. The topological polar surface area (TPSA) is 17.1 Å². The summed E-state index contributed by atoms with van der Waals surface area (Å²) in [6.07, 6.45) is 12.3. The first-order valence-electron chi connectivity index (χ1n) is 1.27. The third-order valence-corrected chi connectivity index (χ3v) is 0. The van der Waals surface area contributed by atoms with Gasteiger partial charge >= 0.3 is 18.9 Å². The van der Waals surface area contributed by atoms with Crippen LogP contribution >= 0.6 is 0 Å². The molecule has 0 aliphatic heterocycles. The Morgan fingerprint density at radius 1 is 1.43 bits per heavy atom. The van der Waals surface area contributed by atoms with E-state index in [1.807, 2.05) is 0 Å². The average molecular weight is 110 g/mol. The standard InChI is InChI=1S/C2H6OS.C2H.Li/c1-4(2)3;1-2;/h1-2H3;1H;/q;-1;+1. The molecular formula is C4H7LiOS. The van der Waals surface area contributed by atoms with Crippen LogP contribution in [-0.2, 0) is 10.8 Å². The van der Waals surface area contributed by atoms with Gasteiger partial charge in [0.25, 0.3) is 0 Å². The zero-order chi connectivity index (χ0) is 5.58. The molecule has 0 saturated heterocycles. The van der Waals surface area contributed by atoms with Gasteiger partial charge in [-0.1, -0.05) is 0 Å². The molecule has 36 valence electrons. The molecule has 0 bridgehead atoms. The SMILES string of the molecule is CS(C)=O.[C-]#C.[Li+]. The molecule has 0 N–H and O–H groups in total. The second-order valence-electron chi connectivity index (χ2n) is 0.742. The second-order valence-corrected chi connectivity index (χ2v) is 2.22. The zero-order valence-electron chi connectivity index (χ0n) is 4.89. The first-order chi connectivity index (χ1) is 2.73. The fraction of sp³-hybridized carbons (Fsp3) is 0.500. The molecule has 0 fully saturated rings. The first kappa shape index (κ1) is 15.7. The van der Waals surface area contributed by atoms with E-state index < -0.39 is 10.8 Å². The molecule has 0 atom stereocenters. The number of hydrogen-bond donors (Lipinski definition) is 0.